The SMILES string of the molecule is CCc1ccc2c(c1)C(O)c1ccccc1C2O. The first-order valence-electron chi connectivity index (χ1n) is 6.30. The minimum absolute atomic E-state index is 0.633. The lowest BCUT2D eigenvalue weighted by molar-refractivity contribution is 0.173. The first-order chi connectivity index (χ1) is 8.72. The molecule has 2 N–H and O–H groups in total. The van der Waals surface area contributed by atoms with Gasteiger partial charge in [0.1, 0.15) is 12.2 Å². The van der Waals surface area contributed by atoms with Crippen LogP contribution in [0.2, 0.25) is 0 Å². The van der Waals surface area contributed by atoms with E-state index < -0.39 is 12.2 Å². The van der Waals surface area contributed by atoms with E-state index in [0.717, 1.165) is 28.7 Å². The Hall–Kier alpha value is -1.64. The molecule has 2 unspecified atom stereocenters. The number of fused-ring (bicyclic) bond motifs is 2. The van der Waals surface area contributed by atoms with Crippen LogP contribution in [0.25, 0.3) is 0 Å². The molecule has 0 saturated carbocycles. The van der Waals surface area contributed by atoms with Gasteiger partial charge in [-0.05, 0) is 34.2 Å². The monoisotopic (exact) mass is 240 g/mol. The van der Waals surface area contributed by atoms with Crippen LogP contribution in [0.3, 0.4) is 0 Å². The molecule has 3 rings (SSSR count). The number of aliphatic hydroxyl groups is 2. The molecule has 2 aromatic rings. The van der Waals surface area contributed by atoms with Gasteiger partial charge in [0.25, 0.3) is 0 Å². The maximum atomic E-state index is 10.4. The molecule has 0 bridgehead atoms. The molecule has 0 aromatic heterocycles. The van der Waals surface area contributed by atoms with Crippen molar-refractivity contribution < 1.29 is 10.2 Å². The molecule has 0 aliphatic heterocycles. The van der Waals surface area contributed by atoms with Gasteiger partial charge in [0.15, 0.2) is 0 Å². The fraction of sp³-hybridized carbons (Fsp3) is 0.250. The van der Waals surface area contributed by atoms with Crippen molar-refractivity contribution >= 4 is 0 Å². The number of hydrogen-bond donors (Lipinski definition) is 2. The van der Waals surface area contributed by atoms with Crippen LogP contribution in [0.1, 0.15) is 46.9 Å². The molecule has 0 heterocycles. The van der Waals surface area contributed by atoms with Gasteiger partial charge in [-0.2, -0.15) is 0 Å². The smallest absolute Gasteiger partial charge is 0.105 e. The Balaban J connectivity index is 2.20. The second kappa shape index (κ2) is 4.23. The summed E-state index contributed by atoms with van der Waals surface area (Å²) >= 11 is 0. The zero-order valence-electron chi connectivity index (χ0n) is 10.3. The highest BCUT2D eigenvalue weighted by Crippen LogP contribution is 2.40. The topological polar surface area (TPSA) is 40.5 Å². The van der Waals surface area contributed by atoms with Gasteiger partial charge in [0.05, 0.1) is 0 Å². The number of rotatable bonds is 1. The molecular formula is C16H16O2. The zero-order chi connectivity index (χ0) is 12.7. The largest absolute Gasteiger partial charge is 0.384 e. The van der Waals surface area contributed by atoms with Crippen molar-refractivity contribution in [2.24, 2.45) is 0 Å². The Kier molecular flexibility index (Phi) is 2.69. The summed E-state index contributed by atoms with van der Waals surface area (Å²) in [7, 11) is 0. The lowest BCUT2D eigenvalue weighted by Crippen LogP contribution is -2.18. The number of benzene rings is 2. The van der Waals surface area contributed by atoms with E-state index in [4.69, 9.17) is 0 Å². The first-order valence-corrected chi connectivity index (χ1v) is 6.30. The molecule has 0 saturated heterocycles. The van der Waals surface area contributed by atoms with Gasteiger partial charge < -0.3 is 10.2 Å². The van der Waals surface area contributed by atoms with E-state index in [-0.39, 0.29) is 0 Å². The molecule has 1 aliphatic rings. The highest BCUT2D eigenvalue weighted by atomic mass is 16.3. The third-order valence-corrected chi connectivity index (χ3v) is 3.73. The summed E-state index contributed by atoms with van der Waals surface area (Å²) in [6, 6.07) is 13.5. The zero-order valence-corrected chi connectivity index (χ0v) is 10.3. The molecule has 0 radical (unpaired) electrons. The first kappa shape index (κ1) is 11.5. The van der Waals surface area contributed by atoms with Gasteiger partial charge in [-0.3, -0.25) is 0 Å². The van der Waals surface area contributed by atoms with Gasteiger partial charge in [0, 0.05) is 0 Å². The molecule has 2 atom stereocenters. The van der Waals surface area contributed by atoms with Crippen LogP contribution >= 0.6 is 0 Å². The number of aryl methyl sites for hydroxylation is 1. The van der Waals surface area contributed by atoms with Crippen LogP contribution in [-0.2, 0) is 6.42 Å². The molecule has 2 aromatic carbocycles. The van der Waals surface area contributed by atoms with Crippen molar-refractivity contribution in [2.45, 2.75) is 25.6 Å². The Bertz CT molecular complexity index is 589. The predicted molar refractivity (Wildman–Crippen MR) is 70.4 cm³/mol. The Morgan fingerprint density at radius 1 is 0.833 bits per heavy atom. The van der Waals surface area contributed by atoms with E-state index in [1.54, 1.807) is 0 Å². The molecule has 92 valence electrons. The predicted octanol–water partition coefficient (Wildman–Crippen LogP) is 2.73. The highest BCUT2D eigenvalue weighted by Gasteiger charge is 2.29. The Labute approximate surface area is 107 Å². The van der Waals surface area contributed by atoms with Gasteiger partial charge in [-0.1, -0.05) is 49.4 Å². The molecule has 18 heavy (non-hydrogen) atoms. The van der Waals surface area contributed by atoms with Crippen LogP contribution in [0.4, 0.5) is 0 Å². The van der Waals surface area contributed by atoms with Crippen molar-refractivity contribution in [3.8, 4) is 0 Å². The minimum atomic E-state index is -0.634. The average molecular weight is 240 g/mol. The average Bonchev–Trinajstić information content (AvgIpc) is 2.44. The van der Waals surface area contributed by atoms with Crippen molar-refractivity contribution in [3.05, 3.63) is 70.3 Å². The number of aliphatic hydroxyl groups excluding tert-OH is 2. The maximum Gasteiger partial charge on any atom is 0.105 e. The van der Waals surface area contributed by atoms with Gasteiger partial charge >= 0.3 is 0 Å². The van der Waals surface area contributed by atoms with E-state index in [1.807, 2.05) is 42.5 Å². The van der Waals surface area contributed by atoms with Crippen molar-refractivity contribution in [3.63, 3.8) is 0 Å². The fourth-order valence-electron chi connectivity index (χ4n) is 2.67. The number of hydrogen-bond acceptors (Lipinski definition) is 2. The standard InChI is InChI=1S/C16H16O2/c1-2-10-7-8-13-14(9-10)16(18)12-6-4-3-5-11(12)15(13)17/h3-9,15-18H,2H2,1H3. The van der Waals surface area contributed by atoms with Gasteiger partial charge in [0.2, 0.25) is 0 Å². The normalized spacial score (nSPS) is 21.3. The summed E-state index contributed by atoms with van der Waals surface area (Å²) < 4.78 is 0. The van der Waals surface area contributed by atoms with E-state index >= 15 is 0 Å². The second-order valence-electron chi connectivity index (χ2n) is 4.75. The summed E-state index contributed by atoms with van der Waals surface area (Å²) in [5.74, 6) is 0. The third kappa shape index (κ3) is 1.57. The Morgan fingerprint density at radius 2 is 1.39 bits per heavy atom. The van der Waals surface area contributed by atoms with Gasteiger partial charge in [-0.15, -0.1) is 0 Å². The summed E-state index contributed by atoms with van der Waals surface area (Å²) in [6.45, 7) is 2.08. The minimum Gasteiger partial charge on any atom is -0.384 e. The summed E-state index contributed by atoms with van der Waals surface area (Å²) in [5.41, 5.74) is 4.45. The van der Waals surface area contributed by atoms with Crippen molar-refractivity contribution in [1.29, 1.82) is 0 Å². The van der Waals surface area contributed by atoms with Crippen molar-refractivity contribution in [1.82, 2.24) is 0 Å². The van der Waals surface area contributed by atoms with Crippen LogP contribution in [0.15, 0.2) is 42.5 Å². The van der Waals surface area contributed by atoms with Crippen LogP contribution in [-0.4, -0.2) is 10.2 Å². The highest BCUT2D eigenvalue weighted by molar-refractivity contribution is 5.50. The lowest BCUT2D eigenvalue weighted by Gasteiger charge is -2.29. The molecule has 1 aliphatic carbocycles. The maximum absolute atomic E-state index is 10.4. The molecule has 2 nitrogen and oxygen atoms in total. The molecular weight excluding hydrogens is 224 g/mol. The Morgan fingerprint density at radius 3 is 2.00 bits per heavy atom. The molecule has 0 amide bonds. The van der Waals surface area contributed by atoms with Crippen LogP contribution < -0.4 is 0 Å². The summed E-state index contributed by atoms with van der Waals surface area (Å²) in [4.78, 5) is 0. The van der Waals surface area contributed by atoms with Crippen LogP contribution in [0, 0.1) is 0 Å². The van der Waals surface area contributed by atoms with Crippen LogP contribution in [0.5, 0.6) is 0 Å². The van der Waals surface area contributed by atoms with E-state index in [0.29, 0.717) is 0 Å². The van der Waals surface area contributed by atoms with E-state index in [2.05, 4.69) is 6.92 Å². The quantitative estimate of drug-likeness (QED) is 0.804. The summed E-state index contributed by atoms with van der Waals surface area (Å²) in [5, 5.41) is 20.8. The summed E-state index contributed by atoms with van der Waals surface area (Å²) in [6.07, 6.45) is -0.339. The molecule has 0 fully saturated rings. The lowest BCUT2D eigenvalue weighted by atomic mass is 9.81. The van der Waals surface area contributed by atoms with E-state index in [9.17, 15) is 10.2 Å². The van der Waals surface area contributed by atoms with Gasteiger partial charge in [-0.25, -0.2) is 0 Å². The van der Waals surface area contributed by atoms with E-state index in [1.165, 1.54) is 5.56 Å². The molecule has 0 spiro atoms. The third-order valence-electron chi connectivity index (χ3n) is 3.73. The molecule has 2 heteroatoms. The van der Waals surface area contributed by atoms with Crippen molar-refractivity contribution in [2.75, 3.05) is 0 Å². The second-order valence-corrected chi connectivity index (χ2v) is 4.75. The fourth-order valence-corrected chi connectivity index (χ4v) is 2.67.